The Morgan fingerprint density at radius 3 is 2.29 bits per heavy atom. The summed E-state index contributed by atoms with van der Waals surface area (Å²) < 4.78 is 0. The molecule has 0 aliphatic rings. The second-order valence-corrected chi connectivity index (χ2v) is 6.96. The molecule has 0 aliphatic heterocycles. The van der Waals surface area contributed by atoms with Crippen LogP contribution in [0.15, 0.2) is 18.2 Å². The normalized spacial score (nSPS) is 13.6. The van der Waals surface area contributed by atoms with E-state index in [9.17, 15) is 34.5 Å². The summed E-state index contributed by atoms with van der Waals surface area (Å²) >= 11 is 3.97. The van der Waals surface area contributed by atoms with Crippen molar-refractivity contribution in [2.24, 2.45) is 5.73 Å². The van der Waals surface area contributed by atoms with Crippen LogP contribution in [0.2, 0.25) is 0 Å². The lowest BCUT2D eigenvalue weighted by molar-refractivity contribution is -0.166. The van der Waals surface area contributed by atoms with Crippen molar-refractivity contribution < 1.29 is 44.7 Å². The van der Waals surface area contributed by atoms with E-state index in [0.29, 0.717) is 4.90 Å². The molecule has 31 heavy (non-hydrogen) atoms. The summed E-state index contributed by atoms with van der Waals surface area (Å²) in [4.78, 5) is 47.4. The van der Waals surface area contributed by atoms with Crippen molar-refractivity contribution in [3.05, 3.63) is 23.8 Å². The van der Waals surface area contributed by atoms with Gasteiger partial charge in [0.15, 0.2) is 0 Å². The molecule has 1 rings (SSSR count). The number of aromatic hydroxyl groups is 2. The van der Waals surface area contributed by atoms with E-state index in [4.69, 9.17) is 15.9 Å². The molecule has 0 aromatic heterocycles. The van der Waals surface area contributed by atoms with Crippen LogP contribution in [0.5, 0.6) is 11.5 Å². The summed E-state index contributed by atoms with van der Waals surface area (Å²) in [5, 5.41) is 49.3. The van der Waals surface area contributed by atoms with Gasteiger partial charge in [-0.2, -0.15) is 12.6 Å². The van der Waals surface area contributed by atoms with Gasteiger partial charge >= 0.3 is 11.9 Å². The Bertz CT molecular complexity index is 820. The number of benzene rings is 1. The molecule has 1 aromatic carbocycles. The molecule has 8 N–H and O–H groups in total. The summed E-state index contributed by atoms with van der Waals surface area (Å²) in [5.74, 6) is -5.36. The fraction of sp³-hybridized carbons (Fsp3) is 0.444. The van der Waals surface area contributed by atoms with E-state index in [2.05, 4.69) is 17.9 Å². The smallest absolute Gasteiger partial charge is 0.354 e. The fourth-order valence-electron chi connectivity index (χ4n) is 2.55. The molecular formula is C18H25N3O9S. The summed E-state index contributed by atoms with van der Waals surface area (Å²) in [6.45, 7) is -0.339. The molecule has 3 atom stereocenters. The second kappa shape index (κ2) is 12.0. The number of rotatable bonds is 12. The molecular weight excluding hydrogens is 434 g/mol. The number of aliphatic carboxylic acids is 2. The van der Waals surface area contributed by atoms with E-state index in [0.717, 1.165) is 6.07 Å². The first-order chi connectivity index (χ1) is 14.5. The number of thiol groups is 1. The highest BCUT2D eigenvalue weighted by Gasteiger charge is 2.32. The van der Waals surface area contributed by atoms with Crippen molar-refractivity contribution in [2.75, 3.05) is 12.3 Å². The second-order valence-electron chi connectivity index (χ2n) is 6.59. The van der Waals surface area contributed by atoms with Crippen LogP contribution in [0.1, 0.15) is 18.4 Å². The van der Waals surface area contributed by atoms with Gasteiger partial charge in [-0.05, 0) is 24.5 Å². The van der Waals surface area contributed by atoms with Crippen LogP contribution in [-0.4, -0.2) is 84.8 Å². The van der Waals surface area contributed by atoms with Gasteiger partial charge in [-0.25, -0.2) is 4.79 Å². The zero-order valence-corrected chi connectivity index (χ0v) is 17.2. The number of carboxylic acid groups (broad SMARTS) is 2. The zero-order chi connectivity index (χ0) is 23.7. The first-order valence-corrected chi connectivity index (χ1v) is 9.72. The Labute approximate surface area is 182 Å². The van der Waals surface area contributed by atoms with Crippen LogP contribution in [0, 0.1) is 0 Å². The van der Waals surface area contributed by atoms with E-state index < -0.39 is 42.1 Å². The van der Waals surface area contributed by atoms with Crippen LogP contribution in [0.25, 0.3) is 0 Å². The average Bonchev–Trinajstić information content (AvgIpc) is 2.70. The highest BCUT2D eigenvalue weighted by Crippen LogP contribution is 2.23. The zero-order valence-electron chi connectivity index (χ0n) is 16.3. The fourth-order valence-corrected chi connectivity index (χ4v) is 2.80. The van der Waals surface area contributed by atoms with Gasteiger partial charge in [0.25, 0.3) is 0 Å². The third kappa shape index (κ3) is 7.96. The van der Waals surface area contributed by atoms with Crippen LogP contribution < -0.4 is 11.1 Å². The molecule has 2 amide bonds. The van der Waals surface area contributed by atoms with Gasteiger partial charge in [0, 0.05) is 24.8 Å². The monoisotopic (exact) mass is 459 g/mol. The number of phenolic OH excluding ortho intramolecular Hbond substituents is 2. The van der Waals surface area contributed by atoms with E-state index in [1.807, 2.05) is 0 Å². The number of nitrogens with one attached hydrogen (secondary N) is 1. The number of carbonyl (C=O) groups excluding carboxylic acids is 2. The molecule has 3 unspecified atom stereocenters. The van der Waals surface area contributed by atoms with Gasteiger partial charge in [0.1, 0.15) is 23.6 Å². The summed E-state index contributed by atoms with van der Waals surface area (Å²) in [6, 6.07) is 1.14. The number of hydrogen-bond acceptors (Lipinski definition) is 9. The number of nitrogens with zero attached hydrogens (tertiary/aromatic N) is 1. The predicted molar refractivity (Wildman–Crippen MR) is 109 cm³/mol. The van der Waals surface area contributed by atoms with Crippen LogP contribution in [0.4, 0.5) is 0 Å². The number of aliphatic hydroxyl groups is 1. The molecule has 0 fully saturated rings. The van der Waals surface area contributed by atoms with Crippen molar-refractivity contribution in [3.63, 3.8) is 0 Å². The quantitative estimate of drug-likeness (QED) is 0.134. The van der Waals surface area contributed by atoms with Crippen LogP contribution >= 0.6 is 12.6 Å². The molecule has 0 heterocycles. The summed E-state index contributed by atoms with van der Waals surface area (Å²) in [5.41, 5.74) is 5.60. The standard InChI is InChI=1S/C18H25N3O9S/c19-11(17(27)28)3-4-14(24)20-12(8-31)15(25)21(16(26)18(29)30)6-5-9-1-2-10(22)7-13(9)23/h1-2,7,11-12,16,22-23,26,31H,3-6,8,19H2,(H,20,24)(H,27,28)(H,29,30). The maximum absolute atomic E-state index is 12.8. The third-order valence-corrected chi connectivity index (χ3v) is 4.67. The minimum atomic E-state index is -2.23. The molecule has 1 aromatic rings. The number of aliphatic hydroxyl groups excluding tert-OH is 1. The van der Waals surface area contributed by atoms with Gasteiger partial charge in [0.05, 0.1) is 0 Å². The first kappa shape index (κ1) is 26.0. The number of carbonyl (C=O) groups is 4. The number of carboxylic acids is 2. The van der Waals surface area contributed by atoms with E-state index in [1.165, 1.54) is 12.1 Å². The maximum atomic E-state index is 12.8. The lowest BCUT2D eigenvalue weighted by Gasteiger charge is -2.29. The van der Waals surface area contributed by atoms with Crippen molar-refractivity contribution in [3.8, 4) is 11.5 Å². The van der Waals surface area contributed by atoms with Crippen LogP contribution in [-0.2, 0) is 25.6 Å². The molecule has 13 heteroatoms. The molecule has 172 valence electrons. The lowest BCUT2D eigenvalue weighted by Crippen LogP contribution is -2.55. The minimum absolute atomic E-state index is 0.0666. The molecule has 0 saturated carbocycles. The topological polar surface area (TPSA) is 211 Å². The number of hydrogen-bond donors (Lipinski definition) is 8. The van der Waals surface area contributed by atoms with Crippen LogP contribution in [0.3, 0.4) is 0 Å². The highest BCUT2D eigenvalue weighted by molar-refractivity contribution is 7.80. The first-order valence-electron chi connectivity index (χ1n) is 9.08. The SMILES string of the molecule is NC(CCC(=O)NC(CS)C(=O)N(CCc1ccc(O)cc1O)C(O)C(=O)O)C(=O)O. The van der Waals surface area contributed by atoms with Crippen molar-refractivity contribution in [2.45, 2.75) is 37.6 Å². The highest BCUT2D eigenvalue weighted by atomic mass is 32.1. The Morgan fingerprint density at radius 2 is 1.77 bits per heavy atom. The average molecular weight is 459 g/mol. The summed E-state index contributed by atoms with van der Waals surface area (Å²) in [7, 11) is 0. The molecule has 0 radical (unpaired) electrons. The Hall–Kier alpha value is -3.03. The van der Waals surface area contributed by atoms with E-state index in [-0.39, 0.29) is 48.6 Å². The molecule has 12 nitrogen and oxygen atoms in total. The third-order valence-electron chi connectivity index (χ3n) is 4.31. The van der Waals surface area contributed by atoms with Crippen molar-refractivity contribution in [1.29, 1.82) is 0 Å². The molecule has 0 saturated heterocycles. The van der Waals surface area contributed by atoms with Gasteiger partial charge in [0.2, 0.25) is 18.0 Å². The number of phenols is 2. The Morgan fingerprint density at radius 1 is 1.13 bits per heavy atom. The Kier molecular flexibility index (Phi) is 10.0. The lowest BCUT2D eigenvalue weighted by atomic mass is 10.1. The van der Waals surface area contributed by atoms with E-state index >= 15 is 0 Å². The molecule has 0 aliphatic carbocycles. The van der Waals surface area contributed by atoms with Crippen molar-refractivity contribution >= 4 is 36.4 Å². The van der Waals surface area contributed by atoms with Gasteiger partial charge in [-0.1, -0.05) is 6.07 Å². The van der Waals surface area contributed by atoms with Gasteiger partial charge in [-0.3, -0.25) is 14.4 Å². The molecule has 0 spiro atoms. The largest absolute Gasteiger partial charge is 0.508 e. The van der Waals surface area contributed by atoms with E-state index in [1.54, 1.807) is 0 Å². The van der Waals surface area contributed by atoms with Gasteiger partial charge in [-0.15, -0.1) is 0 Å². The maximum Gasteiger partial charge on any atom is 0.354 e. The number of amides is 2. The number of nitrogens with two attached hydrogens (primary N) is 1. The van der Waals surface area contributed by atoms with Crippen molar-refractivity contribution in [1.82, 2.24) is 10.2 Å². The Balaban J connectivity index is 2.89. The predicted octanol–water partition coefficient (Wildman–Crippen LogP) is -1.52. The van der Waals surface area contributed by atoms with Gasteiger partial charge < -0.3 is 41.5 Å². The minimum Gasteiger partial charge on any atom is -0.508 e. The molecule has 0 bridgehead atoms. The summed E-state index contributed by atoms with van der Waals surface area (Å²) in [6.07, 6.45) is -2.78.